The van der Waals surface area contributed by atoms with E-state index in [4.69, 9.17) is 20.4 Å². The number of aromatic hydroxyl groups is 2. The van der Waals surface area contributed by atoms with Crippen molar-refractivity contribution in [3.05, 3.63) is 102 Å². The number of ether oxygens (including phenoxy) is 1. The average Bonchev–Trinajstić information content (AvgIpc) is 3.05. The Balaban J connectivity index is 0.000000944. The Hall–Kier alpha value is -5.70. The van der Waals surface area contributed by atoms with Crippen molar-refractivity contribution in [2.75, 3.05) is 25.0 Å². The number of hydrogen-bond donors (Lipinski definition) is 5. The van der Waals surface area contributed by atoms with Gasteiger partial charge in [0.2, 0.25) is 0 Å². The van der Waals surface area contributed by atoms with Crippen LogP contribution in [0.1, 0.15) is 48.2 Å². The number of anilines is 1. The van der Waals surface area contributed by atoms with E-state index in [0.717, 1.165) is 29.8 Å². The number of carboxylic acid groups (broad SMARTS) is 1. The van der Waals surface area contributed by atoms with Crippen LogP contribution >= 0.6 is 0 Å². The van der Waals surface area contributed by atoms with E-state index in [2.05, 4.69) is 11.9 Å². The van der Waals surface area contributed by atoms with Crippen molar-refractivity contribution in [1.29, 1.82) is 0 Å². The second-order valence-corrected chi connectivity index (χ2v) is 12.6. The fraction of sp³-hybridized carbons (Fsp3) is 0.324. The largest absolute Gasteiger partial charge is 0.508 e. The Kier molecular flexibility index (Phi) is 14.1. The third kappa shape index (κ3) is 12.0. The normalized spacial score (nSPS) is 17.2. The summed E-state index contributed by atoms with van der Waals surface area (Å²) in [7, 11) is 0. The number of quaternary nitrogens is 1. The van der Waals surface area contributed by atoms with E-state index in [9.17, 15) is 37.8 Å². The summed E-state index contributed by atoms with van der Waals surface area (Å²) < 4.78 is 39.0. The summed E-state index contributed by atoms with van der Waals surface area (Å²) in [6.45, 7) is 9.99. The zero-order valence-electron chi connectivity index (χ0n) is 28.8. The maximum atomic E-state index is 14.1. The number of halogens is 3. The van der Waals surface area contributed by atoms with Gasteiger partial charge in [-0.25, -0.2) is 14.9 Å². The van der Waals surface area contributed by atoms with Crippen LogP contribution in [0.2, 0.25) is 0 Å². The van der Waals surface area contributed by atoms with Crippen LogP contribution in [0, 0.1) is 0 Å². The molecule has 0 radical (unpaired) electrons. The molecule has 0 aromatic heterocycles. The van der Waals surface area contributed by atoms with Gasteiger partial charge in [-0.15, -0.1) is 0 Å². The second kappa shape index (κ2) is 18.0. The predicted octanol–water partition coefficient (Wildman–Crippen LogP) is 5.38. The molecule has 1 fully saturated rings. The SMILES string of the molecule is C=CC[N+]1(Cc2cccc(O)c2)CCC/C(=[N+](/C(=O)Nc2ccc(C(=O)OC(C)C)cc2)[C@@H](Cc2ccc(O)cc2)C(N)=O)C1.O=C(O)C(F)(F)F. The van der Waals surface area contributed by atoms with Crippen molar-refractivity contribution in [3.8, 4) is 11.5 Å². The average molecular weight is 729 g/mol. The van der Waals surface area contributed by atoms with E-state index in [1.54, 1.807) is 68.4 Å². The number of likely N-dealkylation sites (tertiary alicyclic amines) is 1. The first-order chi connectivity index (χ1) is 24.4. The van der Waals surface area contributed by atoms with Crippen LogP contribution in [0.25, 0.3) is 0 Å². The monoisotopic (exact) mass is 728 g/mol. The minimum Gasteiger partial charge on any atom is -0.508 e. The van der Waals surface area contributed by atoms with Crippen molar-refractivity contribution in [2.45, 2.75) is 58.0 Å². The van der Waals surface area contributed by atoms with Crippen molar-refractivity contribution >= 4 is 35.3 Å². The summed E-state index contributed by atoms with van der Waals surface area (Å²) in [6.07, 6.45) is -2.03. The Labute approximate surface area is 298 Å². The van der Waals surface area contributed by atoms with Gasteiger partial charge >= 0.3 is 24.1 Å². The standard InChI is InChI=1S/C35H40N4O6.C2HF3O2/c1-4-18-39(22-26-7-5-9-31(41)20-26)19-6-8-29(23-39)38(32(33(36)42)21-25-10-16-30(40)17-11-25)35(44)37-28-14-12-27(13-15-28)34(43)45-24(2)3;3-2(4,5)1(6)7/h4-5,7,9-17,20,24,32H,1,6,8,18-19,21-23H2,2-3H3,(H3-2,36,37,40,41,42,43,44);(H,6,7)/p+2/b38-29-;/t32-,39?;/m0./s1. The summed E-state index contributed by atoms with van der Waals surface area (Å²) in [5.74, 6) is -3.62. The Morgan fingerprint density at radius 1 is 1.00 bits per heavy atom. The molecule has 0 spiro atoms. The molecule has 1 heterocycles. The van der Waals surface area contributed by atoms with Crippen molar-refractivity contribution in [3.63, 3.8) is 0 Å². The molecule has 6 N–H and O–H groups in total. The van der Waals surface area contributed by atoms with Gasteiger partial charge in [0.05, 0.1) is 24.8 Å². The van der Waals surface area contributed by atoms with Crippen LogP contribution in [0.3, 0.4) is 0 Å². The number of carboxylic acids is 1. The van der Waals surface area contributed by atoms with Crippen molar-refractivity contribution in [1.82, 2.24) is 0 Å². The minimum atomic E-state index is -5.08. The van der Waals surface area contributed by atoms with Gasteiger partial charge in [0.25, 0.3) is 5.91 Å². The molecule has 1 aliphatic rings. The van der Waals surface area contributed by atoms with Crippen LogP contribution in [0.4, 0.5) is 23.7 Å². The molecule has 0 aliphatic carbocycles. The maximum Gasteiger partial charge on any atom is 0.496 e. The van der Waals surface area contributed by atoms with Gasteiger partial charge in [-0.1, -0.05) is 30.8 Å². The molecule has 15 heteroatoms. The lowest BCUT2D eigenvalue weighted by Gasteiger charge is -2.41. The Morgan fingerprint density at radius 2 is 1.63 bits per heavy atom. The van der Waals surface area contributed by atoms with Gasteiger partial charge in [0.1, 0.15) is 36.0 Å². The van der Waals surface area contributed by atoms with E-state index in [1.165, 1.54) is 16.7 Å². The molecule has 12 nitrogen and oxygen atoms in total. The first-order valence-corrected chi connectivity index (χ1v) is 16.3. The number of piperidine rings is 1. The number of carbonyl (C=O) groups excluding carboxylic acids is 3. The minimum absolute atomic E-state index is 0.0878. The molecule has 0 bridgehead atoms. The van der Waals surface area contributed by atoms with E-state index in [-0.39, 0.29) is 24.0 Å². The number of aliphatic carboxylic acids is 1. The number of benzene rings is 3. The number of primary amides is 1. The van der Waals surface area contributed by atoms with Crippen LogP contribution in [0.5, 0.6) is 11.5 Å². The molecular weight excluding hydrogens is 685 g/mol. The number of nitrogens with zero attached hydrogens (tertiary/aromatic N) is 2. The molecule has 3 aromatic rings. The molecule has 0 saturated carbocycles. The van der Waals surface area contributed by atoms with Crippen molar-refractivity contribution in [2.24, 2.45) is 5.73 Å². The van der Waals surface area contributed by atoms with E-state index < -0.39 is 36.1 Å². The molecule has 52 heavy (non-hydrogen) atoms. The second-order valence-electron chi connectivity index (χ2n) is 12.6. The first kappa shape index (κ1) is 40.7. The highest BCUT2D eigenvalue weighted by atomic mass is 19.4. The molecule has 3 aromatic carbocycles. The third-order valence-electron chi connectivity index (χ3n) is 8.08. The fourth-order valence-electron chi connectivity index (χ4n) is 5.87. The lowest BCUT2D eigenvalue weighted by atomic mass is 10.00. The van der Waals surface area contributed by atoms with Crippen LogP contribution in [0.15, 0.2) is 85.5 Å². The summed E-state index contributed by atoms with van der Waals surface area (Å²) in [5.41, 5.74) is 9.19. The van der Waals surface area contributed by atoms with Crippen LogP contribution in [-0.4, -0.2) is 91.9 Å². The van der Waals surface area contributed by atoms with Gasteiger partial charge in [-0.3, -0.25) is 4.79 Å². The highest BCUT2D eigenvalue weighted by molar-refractivity contribution is 5.95. The Bertz CT molecular complexity index is 1780. The predicted molar refractivity (Wildman–Crippen MR) is 186 cm³/mol. The maximum absolute atomic E-state index is 14.1. The number of rotatable bonds is 11. The number of urea groups is 1. The number of esters is 1. The molecule has 3 amide bonds. The molecule has 1 unspecified atom stereocenters. The number of carbonyl (C=O) groups is 4. The number of phenols is 2. The Morgan fingerprint density at radius 3 is 2.17 bits per heavy atom. The zero-order valence-corrected chi connectivity index (χ0v) is 28.8. The van der Waals surface area contributed by atoms with Gasteiger partial charge < -0.3 is 30.3 Å². The topological polar surface area (TPSA) is 179 Å². The molecule has 4 rings (SSSR count). The zero-order chi connectivity index (χ0) is 38.6. The highest BCUT2D eigenvalue weighted by Gasteiger charge is 2.41. The van der Waals surface area contributed by atoms with Crippen LogP contribution in [-0.2, 0) is 27.3 Å². The number of nitrogens with one attached hydrogen (secondary N) is 1. The number of phenolic OH excluding ortho intramolecular Hbond substituents is 2. The number of amides is 3. The number of hydrogen-bond acceptors (Lipinski definition) is 7. The lowest BCUT2D eigenvalue weighted by Crippen LogP contribution is -2.58. The number of alkyl halides is 3. The quantitative estimate of drug-likeness (QED) is 0.0757. The molecular formula is C37H43F3N4O8+2. The van der Waals surface area contributed by atoms with E-state index >= 15 is 0 Å². The summed E-state index contributed by atoms with van der Waals surface area (Å²) in [4.78, 5) is 48.4. The van der Waals surface area contributed by atoms with E-state index in [1.807, 2.05) is 12.1 Å². The smallest absolute Gasteiger partial charge is 0.496 e. The molecule has 2 atom stereocenters. The van der Waals surface area contributed by atoms with Gasteiger partial charge in [0, 0.05) is 24.8 Å². The third-order valence-corrected chi connectivity index (χ3v) is 8.08. The number of nitrogens with two attached hydrogens (primary N) is 1. The molecule has 1 saturated heterocycles. The molecule has 278 valence electrons. The van der Waals surface area contributed by atoms with Gasteiger partial charge in [-0.2, -0.15) is 22.5 Å². The summed E-state index contributed by atoms with van der Waals surface area (Å²) in [6, 6.07) is 18.4. The van der Waals surface area contributed by atoms with E-state index in [0.29, 0.717) is 41.8 Å². The highest BCUT2D eigenvalue weighted by Crippen LogP contribution is 2.25. The van der Waals surface area contributed by atoms with Crippen molar-refractivity contribution < 1.29 is 61.5 Å². The summed E-state index contributed by atoms with van der Waals surface area (Å²) in [5, 5.41) is 29.9. The van der Waals surface area contributed by atoms with Crippen LogP contribution < -0.4 is 11.1 Å². The fourth-order valence-corrected chi connectivity index (χ4v) is 5.87. The summed E-state index contributed by atoms with van der Waals surface area (Å²) >= 11 is 0. The first-order valence-electron chi connectivity index (χ1n) is 16.3. The van der Waals surface area contributed by atoms with Gasteiger partial charge in [0.15, 0.2) is 6.04 Å². The van der Waals surface area contributed by atoms with Gasteiger partial charge in [-0.05, 0) is 74.0 Å². The lowest BCUT2D eigenvalue weighted by molar-refractivity contribution is -0.931. The molecule has 1 aliphatic heterocycles.